The van der Waals surface area contributed by atoms with Crippen LogP contribution in [-0.4, -0.2) is 9.97 Å². The third-order valence-corrected chi connectivity index (χ3v) is 6.18. The molecule has 1 radical (unpaired) electrons. The quantitative estimate of drug-likeness (QED) is 0.180. The molecular weight excluding hydrogens is 629 g/mol. The topological polar surface area (TPSA) is 25.8 Å². The van der Waals surface area contributed by atoms with Crippen molar-refractivity contribution < 1.29 is 20.1 Å². The Morgan fingerprint density at radius 3 is 2.14 bits per heavy atom. The van der Waals surface area contributed by atoms with E-state index in [1.54, 1.807) is 6.20 Å². The molecular formula is C34H22IrN2-2. The number of hydrogen-bond donors (Lipinski definition) is 0. The summed E-state index contributed by atoms with van der Waals surface area (Å²) in [6.45, 7) is 0. The van der Waals surface area contributed by atoms with E-state index in [1.807, 2.05) is 66.7 Å². The molecule has 0 bridgehead atoms. The fourth-order valence-electron chi connectivity index (χ4n) is 4.40. The second-order valence-corrected chi connectivity index (χ2v) is 8.52. The van der Waals surface area contributed by atoms with Gasteiger partial charge in [0.1, 0.15) is 0 Å². The molecule has 0 atom stereocenters. The maximum atomic E-state index is 4.74. The summed E-state index contributed by atoms with van der Waals surface area (Å²) >= 11 is 0. The largest absolute Gasteiger partial charge is 0.305 e. The standard InChI is InChI=1S/C17H10N.C17H12N.Ir/c1-2-5-12(6-3-1)16-11-14-10-9-13-7-4-8-15(18-16)17(13)14;1-2-6-14(7-3-1)15-9-11-16(12-10-15)17-8-4-5-13-18-17;/h1-5,7-11H;1-11,13H;/q2*-1;. The molecule has 0 amide bonds. The first-order valence-corrected chi connectivity index (χ1v) is 11.9. The van der Waals surface area contributed by atoms with Gasteiger partial charge in [0.15, 0.2) is 0 Å². The van der Waals surface area contributed by atoms with Crippen molar-refractivity contribution in [3.8, 4) is 33.6 Å². The summed E-state index contributed by atoms with van der Waals surface area (Å²) in [7, 11) is 0. The van der Waals surface area contributed by atoms with Crippen molar-refractivity contribution in [1.29, 1.82) is 0 Å². The van der Waals surface area contributed by atoms with Gasteiger partial charge in [0.25, 0.3) is 0 Å². The second-order valence-electron chi connectivity index (χ2n) is 8.52. The summed E-state index contributed by atoms with van der Waals surface area (Å²) in [5, 5.41) is 1.26. The fraction of sp³-hybridized carbons (Fsp3) is 0. The van der Waals surface area contributed by atoms with Crippen LogP contribution in [0.4, 0.5) is 0 Å². The van der Waals surface area contributed by atoms with Crippen molar-refractivity contribution in [2.24, 2.45) is 0 Å². The van der Waals surface area contributed by atoms with Gasteiger partial charge in [-0.05, 0) is 34.6 Å². The predicted octanol–water partition coefficient (Wildman–Crippen LogP) is 8.40. The number of hydrogen-bond acceptors (Lipinski definition) is 2. The molecule has 0 aliphatic heterocycles. The zero-order valence-corrected chi connectivity index (χ0v) is 22.3. The zero-order valence-electron chi connectivity index (χ0n) is 19.9. The van der Waals surface area contributed by atoms with E-state index in [2.05, 4.69) is 77.8 Å². The average molecular weight is 651 g/mol. The van der Waals surface area contributed by atoms with Crippen molar-refractivity contribution in [1.82, 2.24) is 9.97 Å². The number of benzene rings is 4. The van der Waals surface area contributed by atoms with E-state index in [0.717, 1.165) is 28.0 Å². The van der Waals surface area contributed by atoms with Gasteiger partial charge in [-0.25, -0.2) is 0 Å². The third-order valence-electron chi connectivity index (χ3n) is 6.18. The Kier molecular flexibility index (Phi) is 7.46. The average Bonchev–Trinajstić information content (AvgIpc) is 3.39. The van der Waals surface area contributed by atoms with Crippen molar-refractivity contribution in [3.05, 3.63) is 145 Å². The SMILES string of the molecule is [Ir].[c-]1cc(-c2ccccc2)ccc1-c1ccccn1.[c-]1ccccc1-c1cc2c3c(cccc3n1)C=C2. The molecule has 2 nitrogen and oxygen atoms in total. The Balaban J connectivity index is 0.000000147. The van der Waals surface area contributed by atoms with Crippen molar-refractivity contribution in [2.45, 2.75) is 0 Å². The number of nitrogens with zero attached hydrogens (tertiary/aromatic N) is 2. The molecule has 6 aromatic rings. The molecule has 0 fully saturated rings. The normalized spacial score (nSPS) is 10.9. The van der Waals surface area contributed by atoms with E-state index in [1.165, 1.54) is 27.6 Å². The minimum atomic E-state index is 0. The summed E-state index contributed by atoms with van der Waals surface area (Å²) in [5.41, 5.74) is 9.97. The van der Waals surface area contributed by atoms with Gasteiger partial charge >= 0.3 is 0 Å². The summed E-state index contributed by atoms with van der Waals surface area (Å²) in [4.78, 5) is 9.06. The molecule has 2 aromatic heterocycles. The van der Waals surface area contributed by atoms with Gasteiger partial charge in [0, 0.05) is 31.7 Å². The van der Waals surface area contributed by atoms with Crippen LogP contribution in [0.15, 0.2) is 121 Å². The molecule has 0 saturated heterocycles. The van der Waals surface area contributed by atoms with E-state index < -0.39 is 0 Å². The Morgan fingerprint density at radius 1 is 0.568 bits per heavy atom. The molecule has 4 aromatic carbocycles. The molecule has 179 valence electrons. The molecule has 0 unspecified atom stereocenters. The Labute approximate surface area is 230 Å². The summed E-state index contributed by atoms with van der Waals surface area (Å²) in [5.74, 6) is 0. The Hall–Kier alpha value is -4.17. The number of rotatable bonds is 3. The van der Waals surface area contributed by atoms with E-state index in [-0.39, 0.29) is 20.1 Å². The minimum Gasteiger partial charge on any atom is -0.305 e. The number of aromatic nitrogens is 2. The molecule has 1 aliphatic rings. The van der Waals surface area contributed by atoms with Gasteiger partial charge in [-0.2, -0.15) is 0 Å². The maximum absolute atomic E-state index is 4.74. The first-order chi connectivity index (χ1) is 17.8. The van der Waals surface area contributed by atoms with Crippen LogP contribution < -0.4 is 0 Å². The van der Waals surface area contributed by atoms with E-state index >= 15 is 0 Å². The van der Waals surface area contributed by atoms with Crippen molar-refractivity contribution in [2.75, 3.05) is 0 Å². The summed E-state index contributed by atoms with van der Waals surface area (Å²) in [6.07, 6.45) is 6.11. The third kappa shape index (κ3) is 5.34. The summed E-state index contributed by atoms with van der Waals surface area (Å²) < 4.78 is 0. The maximum Gasteiger partial charge on any atom is 0.0607 e. The van der Waals surface area contributed by atoms with Gasteiger partial charge in [0.05, 0.1) is 5.52 Å². The van der Waals surface area contributed by atoms with Crippen LogP contribution in [0, 0.1) is 12.1 Å². The first-order valence-electron chi connectivity index (χ1n) is 11.9. The molecule has 0 N–H and O–H groups in total. The first kappa shape index (κ1) is 24.5. The molecule has 37 heavy (non-hydrogen) atoms. The van der Waals surface area contributed by atoms with Crippen LogP contribution >= 0.6 is 0 Å². The van der Waals surface area contributed by atoms with Crippen LogP contribution in [0.25, 0.3) is 56.7 Å². The van der Waals surface area contributed by atoms with Gasteiger partial charge in [0.2, 0.25) is 0 Å². The molecule has 2 heterocycles. The van der Waals surface area contributed by atoms with E-state index in [0.29, 0.717) is 0 Å². The minimum absolute atomic E-state index is 0. The van der Waals surface area contributed by atoms with Crippen LogP contribution in [0.1, 0.15) is 11.1 Å². The molecule has 3 heteroatoms. The molecule has 0 spiro atoms. The van der Waals surface area contributed by atoms with E-state index in [9.17, 15) is 0 Å². The molecule has 1 aliphatic carbocycles. The predicted molar refractivity (Wildman–Crippen MR) is 149 cm³/mol. The second kappa shape index (κ2) is 11.3. The van der Waals surface area contributed by atoms with Crippen LogP contribution in [0.3, 0.4) is 0 Å². The molecule has 0 saturated carbocycles. The van der Waals surface area contributed by atoms with Crippen molar-refractivity contribution in [3.63, 3.8) is 0 Å². The monoisotopic (exact) mass is 651 g/mol. The molecule has 7 rings (SSSR count). The Bertz CT molecular complexity index is 1590. The Morgan fingerprint density at radius 2 is 1.38 bits per heavy atom. The van der Waals surface area contributed by atoms with Crippen LogP contribution in [0.5, 0.6) is 0 Å². The van der Waals surface area contributed by atoms with Crippen LogP contribution in [0.2, 0.25) is 0 Å². The van der Waals surface area contributed by atoms with E-state index in [4.69, 9.17) is 4.98 Å². The van der Waals surface area contributed by atoms with Crippen LogP contribution in [-0.2, 0) is 20.1 Å². The van der Waals surface area contributed by atoms with Gasteiger partial charge in [-0.1, -0.05) is 83.9 Å². The number of pyridine rings is 2. The fourth-order valence-corrected chi connectivity index (χ4v) is 4.40. The zero-order chi connectivity index (χ0) is 24.2. The van der Waals surface area contributed by atoms with Crippen molar-refractivity contribution >= 4 is 23.1 Å². The van der Waals surface area contributed by atoms with Gasteiger partial charge < -0.3 is 4.98 Å². The van der Waals surface area contributed by atoms with Gasteiger partial charge in [-0.3, -0.25) is 4.98 Å². The summed E-state index contributed by atoms with van der Waals surface area (Å²) in [6, 6.07) is 45.3. The smallest absolute Gasteiger partial charge is 0.0607 e. The van der Waals surface area contributed by atoms with Gasteiger partial charge in [-0.15, -0.1) is 65.7 Å².